The maximum atomic E-state index is 11.4. The van der Waals surface area contributed by atoms with E-state index in [-0.39, 0.29) is 12.0 Å². The summed E-state index contributed by atoms with van der Waals surface area (Å²) in [4.78, 5) is 25.1. The molecule has 0 aliphatic rings. The summed E-state index contributed by atoms with van der Waals surface area (Å²) in [5.41, 5.74) is 6.72. The van der Waals surface area contributed by atoms with Gasteiger partial charge in [0, 0.05) is 23.4 Å². The molecule has 0 fully saturated rings. The Labute approximate surface area is 110 Å². The number of benzene rings is 1. The summed E-state index contributed by atoms with van der Waals surface area (Å²) in [5.74, 6) is -1.04. The largest absolute Gasteiger partial charge is 0.480 e. The number of H-pyrrole nitrogens is 1. The third-order valence-corrected chi connectivity index (χ3v) is 3.17. The van der Waals surface area contributed by atoms with Crippen molar-refractivity contribution in [2.45, 2.75) is 25.8 Å². The molecule has 2 aromatic rings. The van der Waals surface area contributed by atoms with Crippen LogP contribution in [0, 0.1) is 6.92 Å². The van der Waals surface area contributed by atoms with Crippen molar-refractivity contribution in [2.75, 3.05) is 0 Å². The summed E-state index contributed by atoms with van der Waals surface area (Å²) in [7, 11) is 0. The van der Waals surface area contributed by atoms with Crippen molar-refractivity contribution in [3.63, 3.8) is 0 Å². The van der Waals surface area contributed by atoms with E-state index in [4.69, 9.17) is 10.8 Å². The van der Waals surface area contributed by atoms with Gasteiger partial charge in [-0.3, -0.25) is 9.59 Å². The Bertz CT molecular complexity index is 701. The number of fused-ring (bicyclic) bond motifs is 1. The smallest absolute Gasteiger partial charge is 0.323 e. The molecule has 100 valence electrons. The van der Waals surface area contributed by atoms with Crippen LogP contribution in [0.15, 0.2) is 29.1 Å². The van der Waals surface area contributed by atoms with Crippen molar-refractivity contribution in [1.82, 2.24) is 4.98 Å². The lowest BCUT2D eigenvalue weighted by atomic mass is 9.93. The minimum Gasteiger partial charge on any atom is -0.480 e. The number of aromatic amines is 1. The second kappa shape index (κ2) is 4.51. The molecular formula is C14H16N2O3. The van der Waals surface area contributed by atoms with Crippen molar-refractivity contribution >= 4 is 16.9 Å². The van der Waals surface area contributed by atoms with Crippen molar-refractivity contribution in [1.29, 1.82) is 0 Å². The average Bonchev–Trinajstić information content (AvgIpc) is 2.29. The Morgan fingerprint density at radius 3 is 2.74 bits per heavy atom. The zero-order chi connectivity index (χ0) is 14.2. The molecule has 0 bridgehead atoms. The van der Waals surface area contributed by atoms with Crippen molar-refractivity contribution < 1.29 is 9.90 Å². The van der Waals surface area contributed by atoms with Gasteiger partial charge in [0.05, 0.1) is 0 Å². The van der Waals surface area contributed by atoms with Gasteiger partial charge in [0.1, 0.15) is 5.54 Å². The Morgan fingerprint density at radius 1 is 1.42 bits per heavy atom. The van der Waals surface area contributed by atoms with E-state index in [1.54, 1.807) is 12.1 Å². The van der Waals surface area contributed by atoms with E-state index in [0.29, 0.717) is 0 Å². The van der Waals surface area contributed by atoms with Gasteiger partial charge in [0.25, 0.3) is 0 Å². The predicted octanol–water partition coefficient (Wildman–Crippen LogP) is 1.18. The minimum absolute atomic E-state index is 0.146. The molecule has 1 aromatic carbocycles. The molecule has 4 N–H and O–H groups in total. The van der Waals surface area contributed by atoms with E-state index in [0.717, 1.165) is 22.0 Å². The number of hydrogen-bond donors (Lipinski definition) is 3. The molecular weight excluding hydrogens is 244 g/mol. The lowest BCUT2D eigenvalue weighted by Gasteiger charge is -2.19. The van der Waals surface area contributed by atoms with Crippen LogP contribution in [0.3, 0.4) is 0 Å². The number of carboxylic acid groups (broad SMARTS) is 1. The summed E-state index contributed by atoms with van der Waals surface area (Å²) in [5, 5.41) is 9.94. The number of carbonyl (C=O) groups is 1. The molecule has 0 aliphatic carbocycles. The predicted molar refractivity (Wildman–Crippen MR) is 73.2 cm³/mol. The number of pyridine rings is 1. The van der Waals surface area contributed by atoms with Crippen molar-refractivity contribution in [2.24, 2.45) is 5.73 Å². The fraction of sp³-hybridized carbons (Fsp3) is 0.286. The Morgan fingerprint density at radius 2 is 2.11 bits per heavy atom. The molecule has 2 rings (SSSR count). The number of aliphatic carboxylic acids is 1. The van der Waals surface area contributed by atoms with Gasteiger partial charge in [0.15, 0.2) is 0 Å². The molecule has 5 nitrogen and oxygen atoms in total. The van der Waals surface area contributed by atoms with Crippen molar-refractivity contribution in [3.8, 4) is 0 Å². The Hall–Kier alpha value is -2.14. The van der Waals surface area contributed by atoms with Crippen LogP contribution < -0.4 is 11.3 Å². The zero-order valence-electron chi connectivity index (χ0n) is 10.9. The van der Waals surface area contributed by atoms with Crippen LogP contribution in [-0.4, -0.2) is 21.6 Å². The second-order valence-electron chi connectivity index (χ2n) is 5.10. The normalized spacial score (nSPS) is 14.3. The monoisotopic (exact) mass is 260 g/mol. The number of carboxylic acids is 1. The number of rotatable bonds is 3. The molecule has 1 aromatic heterocycles. The topological polar surface area (TPSA) is 96.2 Å². The van der Waals surface area contributed by atoms with Gasteiger partial charge in [-0.05, 0) is 37.1 Å². The van der Waals surface area contributed by atoms with E-state index in [9.17, 15) is 9.59 Å². The first kappa shape index (κ1) is 13.3. The van der Waals surface area contributed by atoms with Gasteiger partial charge in [-0.2, -0.15) is 0 Å². The fourth-order valence-corrected chi connectivity index (χ4v) is 2.08. The number of hydrogen-bond acceptors (Lipinski definition) is 3. The molecule has 0 saturated carbocycles. The van der Waals surface area contributed by atoms with Crippen LogP contribution in [0.5, 0.6) is 0 Å². The number of nitrogens with two attached hydrogens (primary N) is 1. The van der Waals surface area contributed by atoms with Crippen molar-refractivity contribution in [3.05, 3.63) is 45.7 Å². The molecule has 0 saturated heterocycles. The maximum absolute atomic E-state index is 11.4. The number of aryl methyl sites for hydroxylation is 1. The molecule has 1 heterocycles. The molecule has 0 amide bonds. The van der Waals surface area contributed by atoms with Crippen LogP contribution >= 0.6 is 0 Å². The van der Waals surface area contributed by atoms with Crippen LogP contribution in [0.25, 0.3) is 10.9 Å². The molecule has 0 spiro atoms. The molecule has 0 radical (unpaired) electrons. The Kier molecular flexibility index (Phi) is 3.16. The maximum Gasteiger partial charge on any atom is 0.323 e. The quantitative estimate of drug-likeness (QED) is 0.772. The van der Waals surface area contributed by atoms with E-state index in [1.807, 2.05) is 13.0 Å². The van der Waals surface area contributed by atoms with Crippen LogP contribution in [0.1, 0.15) is 18.1 Å². The van der Waals surface area contributed by atoms with Gasteiger partial charge in [-0.25, -0.2) is 0 Å². The third kappa shape index (κ3) is 2.66. The average molecular weight is 260 g/mol. The highest BCUT2D eigenvalue weighted by Crippen LogP contribution is 2.19. The van der Waals surface area contributed by atoms with E-state index in [1.165, 1.54) is 13.0 Å². The third-order valence-electron chi connectivity index (χ3n) is 3.17. The second-order valence-corrected chi connectivity index (χ2v) is 5.10. The minimum atomic E-state index is -1.30. The molecule has 0 unspecified atom stereocenters. The standard InChI is InChI=1S/C14H16N2O3/c1-8-5-12(17)16-11-4-3-9(6-10(8)11)7-14(2,15)13(18)19/h3-6H,7,15H2,1-2H3,(H,16,17)(H,18,19)/t14-/m1/s1. The first-order chi connectivity index (χ1) is 8.79. The van der Waals surface area contributed by atoms with E-state index in [2.05, 4.69) is 4.98 Å². The lowest BCUT2D eigenvalue weighted by Crippen LogP contribution is -2.46. The first-order valence-electron chi connectivity index (χ1n) is 5.94. The molecule has 0 aliphatic heterocycles. The summed E-state index contributed by atoms with van der Waals surface area (Å²) in [6.07, 6.45) is 0.233. The van der Waals surface area contributed by atoms with E-state index < -0.39 is 11.5 Å². The summed E-state index contributed by atoms with van der Waals surface area (Å²) >= 11 is 0. The SMILES string of the molecule is Cc1cc(=O)[nH]c2ccc(C[C@@](C)(N)C(=O)O)cc12. The highest BCUT2D eigenvalue weighted by molar-refractivity contribution is 5.83. The molecule has 1 atom stereocenters. The van der Waals surface area contributed by atoms with Gasteiger partial charge >= 0.3 is 5.97 Å². The van der Waals surface area contributed by atoms with Crippen LogP contribution in [0.2, 0.25) is 0 Å². The summed E-state index contributed by atoms with van der Waals surface area (Å²) < 4.78 is 0. The number of nitrogens with one attached hydrogen (secondary N) is 1. The van der Waals surface area contributed by atoms with Crippen LogP contribution in [0.4, 0.5) is 0 Å². The van der Waals surface area contributed by atoms with Gasteiger partial charge in [-0.1, -0.05) is 6.07 Å². The zero-order valence-corrected chi connectivity index (χ0v) is 10.9. The summed E-state index contributed by atoms with van der Waals surface area (Å²) in [6, 6.07) is 6.95. The summed E-state index contributed by atoms with van der Waals surface area (Å²) in [6.45, 7) is 3.33. The molecule has 5 heteroatoms. The van der Waals surface area contributed by atoms with Gasteiger partial charge < -0.3 is 15.8 Å². The lowest BCUT2D eigenvalue weighted by molar-refractivity contribution is -0.142. The fourth-order valence-electron chi connectivity index (χ4n) is 2.08. The van der Waals surface area contributed by atoms with Gasteiger partial charge in [-0.15, -0.1) is 0 Å². The van der Waals surface area contributed by atoms with E-state index >= 15 is 0 Å². The first-order valence-corrected chi connectivity index (χ1v) is 5.94. The Balaban J connectivity index is 2.48. The number of aromatic nitrogens is 1. The van der Waals surface area contributed by atoms with Gasteiger partial charge in [0.2, 0.25) is 5.56 Å². The van der Waals surface area contributed by atoms with Crippen LogP contribution in [-0.2, 0) is 11.2 Å². The molecule has 19 heavy (non-hydrogen) atoms. The highest BCUT2D eigenvalue weighted by atomic mass is 16.4. The highest BCUT2D eigenvalue weighted by Gasteiger charge is 2.28.